The van der Waals surface area contributed by atoms with Crippen molar-refractivity contribution in [3.05, 3.63) is 24.5 Å². The van der Waals surface area contributed by atoms with Gasteiger partial charge in [0, 0.05) is 24.4 Å². The van der Waals surface area contributed by atoms with Crippen LogP contribution in [0.15, 0.2) is 23.1 Å². The second-order valence-electron chi connectivity index (χ2n) is 4.85. The topological polar surface area (TPSA) is 90.7 Å². The van der Waals surface area contributed by atoms with E-state index in [1.807, 2.05) is 0 Å². The molecule has 0 unspecified atom stereocenters. The van der Waals surface area contributed by atoms with Crippen molar-refractivity contribution in [2.75, 3.05) is 0 Å². The highest BCUT2D eigenvalue weighted by Gasteiger charge is 2.31. The highest BCUT2D eigenvalue weighted by molar-refractivity contribution is 5.45. The van der Waals surface area contributed by atoms with Gasteiger partial charge < -0.3 is 10.3 Å². The number of hydrogen-bond acceptors (Lipinski definition) is 6. The molecule has 3 rings (SSSR count). The molecule has 2 aromatic heterocycles. The van der Waals surface area contributed by atoms with Gasteiger partial charge in [0.25, 0.3) is 0 Å². The van der Waals surface area contributed by atoms with Crippen molar-refractivity contribution in [1.29, 1.82) is 0 Å². The average molecular weight is 245 g/mol. The summed E-state index contributed by atoms with van der Waals surface area (Å²) in [5.74, 6) is 1.06. The van der Waals surface area contributed by atoms with Gasteiger partial charge in [-0.25, -0.2) is 4.98 Å². The molecule has 94 valence electrons. The van der Waals surface area contributed by atoms with Crippen molar-refractivity contribution in [2.24, 2.45) is 5.73 Å². The summed E-state index contributed by atoms with van der Waals surface area (Å²) in [5.41, 5.74) is 6.72. The van der Waals surface area contributed by atoms with Gasteiger partial charge in [0.05, 0.1) is 6.20 Å². The third kappa shape index (κ3) is 2.24. The average Bonchev–Trinajstić information content (AvgIpc) is 3.00. The van der Waals surface area contributed by atoms with Gasteiger partial charge in [-0.15, -0.1) is 0 Å². The van der Waals surface area contributed by atoms with E-state index in [9.17, 15) is 0 Å². The fourth-order valence-electron chi connectivity index (χ4n) is 2.40. The Labute approximate surface area is 105 Å². The molecule has 0 saturated heterocycles. The van der Waals surface area contributed by atoms with Crippen LogP contribution in [-0.4, -0.2) is 25.6 Å². The molecule has 2 heterocycles. The lowest BCUT2D eigenvalue weighted by atomic mass is 9.95. The lowest BCUT2D eigenvalue weighted by molar-refractivity contribution is 0.329. The van der Waals surface area contributed by atoms with Gasteiger partial charge in [-0.05, 0) is 12.8 Å². The lowest BCUT2D eigenvalue weighted by Gasteiger charge is -2.20. The Morgan fingerprint density at radius 1 is 1.28 bits per heavy atom. The molecule has 0 aromatic carbocycles. The predicted octanol–water partition coefficient (Wildman–Crippen LogP) is 1.34. The maximum Gasteiger partial charge on any atom is 0.228 e. The van der Waals surface area contributed by atoms with Crippen LogP contribution in [0, 0.1) is 0 Å². The number of nitrogens with zero attached hydrogens (tertiary/aromatic N) is 4. The molecule has 0 atom stereocenters. The van der Waals surface area contributed by atoms with E-state index >= 15 is 0 Å². The van der Waals surface area contributed by atoms with Crippen LogP contribution in [0.25, 0.3) is 11.5 Å². The Morgan fingerprint density at radius 3 is 2.83 bits per heavy atom. The van der Waals surface area contributed by atoms with Crippen molar-refractivity contribution in [2.45, 2.75) is 37.6 Å². The smallest absolute Gasteiger partial charge is 0.228 e. The second kappa shape index (κ2) is 4.45. The van der Waals surface area contributed by atoms with E-state index in [-0.39, 0.29) is 5.54 Å². The molecule has 0 aliphatic heterocycles. The van der Waals surface area contributed by atoms with Crippen LogP contribution in [0.5, 0.6) is 0 Å². The molecule has 2 N–H and O–H groups in total. The Kier molecular flexibility index (Phi) is 2.79. The largest absolute Gasteiger partial charge is 0.339 e. The third-order valence-corrected chi connectivity index (χ3v) is 3.36. The normalized spacial score (nSPS) is 18.1. The first-order valence-corrected chi connectivity index (χ1v) is 6.13. The predicted molar refractivity (Wildman–Crippen MR) is 64.4 cm³/mol. The zero-order chi connectivity index (χ0) is 12.4. The summed E-state index contributed by atoms with van der Waals surface area (Å²) in [7, 11) is 0. The van der Waals surface area contributed by atoms with E-state index in [0.717, 1.165) is 12.8 Å². The van der Waals surface area contributed by atoms with E-state index in [4.69, 9.17) is 10.3 Å². The van der Waals surface area contributed by atoms with E-state index in [1.54, 1.807) is 18.6 Å². The van der Waals surface area contributed by atoms with Gasteiger partial charge >= 0.3 is 0 Å². The molecule has 1 saturated carbocycles. The number of hydrogen-bond donors (Lipinski definition) is 1. The molecule has 2 aromatic rings. The number of aromatic nitrogens is 4. The Morgan fingerprint density at radius 2 is 2.11 bits per heavy atom. The highest BCUT2D eigenvalue weighted by Crippen LogP contribution is 2.30. The summed E-state index contributed by atoms with van der Waals surface area (Å²) >= 11 is 0. The van der Waals surface area contributed by atoms with Crippen LogP contribution in [-0.2, 0) is 6.42 Å². The van der Waals surface area contributed by atoms with Crippen LogP contribution < -0.4 is 5.73 Å². The molecule has 0 spiro atoms. The molecule has 0 amide bonds. The summed E-state index contributed by atoms with van der Waals surface area (Å²) in [4.78, 5) is 12.4. The van der Waals surface area contributed by atoms with Crippen LogP contribution in [0.3, 0.4) is 0 Å². The standard InChI is InChI=1S/C12H15N5O/c13-12(3-1-2-4-12)7-10-16-11(17-18-10)9-8-14-5-6-15-9/h5-6,8H,1-4,7,13H2. The van der Waals surface area contributed by atoms with E-state index in [1.165, 1.54) is 12.8 Å². The Hall–Kier alpha value is -1.82. The monoisotopic (exact) mass is 245 g/mol. The van der Waals surface area contributed by atoms with Crippen molar-refractivity contribution in [3.8, 4) is 11.5 Å². The summed E-state index contributed by atoms with van der Waals surface area (Å²) < 4.78 is 5.24. The van der Waals surface area contributed by atoms with Crippen LogP contribution in [0.4, 0.5) is 0 Å². The lowest BCUT2D eigenvalue weighted by Crippen LogP contribution is -2.38. The van der Waals surface area contributed by atoms with Crippen LogP contribution in [0.2, 0.25) is 0 Å². The molecule has 0 bridgehead atoms. The van der Waals surface area contributed by atoms with Crippen molar-refractivity contribution in [1.82, 2.24) is 20.1 Å². The van der Waals surface area contributed by atoms with Gasteiger partial charge in [0.1, 0.15) is 5.69 Å². The molecule has 1 fully saturated rings. The van der Waals surface area contributed by atoms with Crippen molar-refractivity contribution < 1.29 is 4.52 Å². The van der Waals surface area contributed by atoms with E-state index < -0.39 is 0 Å². The number of nitrogens with two attached hydrogens (primary N) is 1. The summed E-state index contributed by atoms with van der Waals surface area (Å²) in [6, 6.07) is 0. The van der Waals surface area contributed by atoms with Gasteiger partial charge in [-0.1, -0.05) is 18.0 Å². The Bertz CT molecular complexity index is 518. The summed E-state index contributed by atoms with van der Waals surface area (Å²) in [6.07, 6.45) is 9.88. The molecule has 0 radical (unpaired) electrons. The molecule has 1 aliphatic carbocycles. The first kappa shape index (κ1) is 11.3. The van der Waals surface area contributed by atoms with Crippen molar-refractivity contribution in [3.63, 3.8) is 0 Å². The SMILES string of the molecule is NC1(Cc2nc(-c3cnccn3)no2)CCCC1. The molecule has 1 aliphatic rings. The Balaban J connectivity index is 1.78. The molecular formula is C12H15N5O. The summed E-state index contributed by atoms with van der Waals surface area (Å²) in [6.45, 7) is 0. The van der Waals surface area contributed by atoms with Gasteiger partial charge in [0.15, 0.2) is 0 Å². The first-order chi connectivity index (χ1) is 8.75. The maximum atomic E-state index is 6.28. The van der Waals surface area contributed by atoms with Gasteiger partial charge in [-0.2, -0.15) is 4.98 Å². The molecule has 6 nitrogen and oxygen atoms in total. The number of rotatable bonds is 3. The van der Waals surface area contributed by atoms with Crippen molar-refractivity contribution >= 4 is 0 Å². The highest BCUT2D eigenvalue weighted by atomic mass is 16.5. The first-order valence-electron chi connectivity index (χ1n) is 6.13. The molecule has 18 heavy (non-hydrogen) atoms. The second-order valence-corrected chi connectivity index (χ2v) is 4.85. The minimum absolute atomic E-state index is 0.174. The van der Waals surface area contributed by atoms with Crippen LogP contribution >= 0.6 is 0 Å². The minimum Gasteiger partial charge on any atom is -0.339 e. The quantitative estimate of drug-likeness (QED) is 0.877. The molecular weight excluding hydrogens is 230 g/mol. The van der Waals surface area contributed by atoms with E-state index in [2.05, 4.69) is 20.1 Å². The molecule has 6 heteroatoms. The minimum atomic E-state index is -0.174. The summed E-state index contributed by atoms with van der Waals surface area (Å²) in [5, 5.41) is 3.92. The van der Waals surface area contributed by atoms with Gasteiger partial charge in [0.2, 0.25) is 11.7 Å². The zero-order valence-corrected chi connectivity index (χ0v) is 10.0. The fraction of sp³-hybridized carbons (Fsp3) is 0.500. The maximum absolute atomic E-state index is 6.28. The third-order valence-electron chi connectivity index (χ3n) is 3.36. The van der Waals surface area contributed by atoms with Gasteiger partial charge in [-0.3, -0.25) is 4.98 Å². The van der Waals surface area contributed by atoms with Crippen LogP contribution in [0.1, 0.15) is 31.6 Å². The zero-order valence-electron chi connectivity index (χ0n) is 10.0. The van der Waals surface area contributed by atoms with E-state index in [0.29, 0.717) is 23.8 Å². The fourth-order valence-corrected chi connectivity index (χ4v) is 2.40.